The SMILES string of the molecule is CCOc1ccc(CCNC(=NC)NC(C)CCS(C)(=O)=O)cc1OCC.I. The lowest BCUT2D eigenvalue weighted by Gasteiger charge is -2.18. The van der Waals surface area contributed by atoms with Crippen LogP contribution >= 0.6 is 24.0 Å². The first-order chi connectivity index (χ1) is 12.8. The van der Waals surface area contributed by atoms with E-state index in [4.69, 9.17) is 9.47 Å². The number of halogens is 1. The van der Waals surface area contributed by atoms with Gasteiger partial charge in [0.15, 0.2) is 17.5 Å². The molecule has 0 aliphatic carbocycles. The molecule has 0 heterocycles. The fourth-order valence-corrected chi connectivity index (χ4v) is 3.25. The summed E-state index contributed by atoms with van der Waals surface area (Å²) in [4.78, 5) is 4.19. The van der Waals surface area contributed by atoms with Gasteiger partial charge in [-0.05, 0) is 51.3 Å². The number of aliphatic imine (C=N–C) groups is 1. The maximum absolute atomic E-state index is 11.3. The predicted octanol–water partition coefficient (Wildman–Crippen LogP) is 2.63. The number of ether oxygens (including phenoxy) is 2. The Bertz CT molecular complexity index is 711. The van der Waals surface area contributed by atoms with Crippen molar-refractivity contribution in [2.75, 3.05) is 38.8 Å². The smallest absolute Gasteiger partial charge is 0.191 e. The second-order valence-electron chi connectivity index (χ2n) is 6.36. The van der Waals surface area contributed by atoms with Gasteiger partial charge in [0.05, 0.1) is 19.0 Å². The minimum Gasteiger partial charge on any atom is -0.490 e. The number of benzene rings is 1. The minimum atomic E-state index is -2.95. The molecular weight excluding hydrogens is 493 g/mol. The van der Waals surface area contributed by atoms with Gasteiger partial charge in [-0.15, -0.1) is 24.0 Å². The van der Waals surface area contributed by atoms with Crippen molar-refractivity contribution in [2.24, 2.45) is 4.99 Å². The summed E-state index contributed by atoms with van der Waals surface area (Å²) < 4.78 is 33.8. The van der Waals surface area contributed by atoms with Crippen molar-refractivity contribution in [3.05, 3.63) is 23.8 Å². The molecule has 1 aromatic carbocycles. The molecule has 1 unspecified atom stereocenters. The van der Waals surface area contributed by atoms with Gasteiger partial charge >= 0.3 is 0 Å². The maximum Gasteiger partial charge on any atom is 0.191 e. The molecule has 0 spiro atoms. The first-order valence-corrected chi connectivity index (χ1v) is 11.4. The first-order valence-electron chi connectivity index (χ1n) is 9.32. The molecule has 0 amide bonds. The van der Waals surface area contributed by atoms with E-state index in [1.54, 1.807) is 7.05 Å². The highest BCUT2D eigenvalue weighted by atomic mass is 127. The molecule has 1 rings (SSSR count). The summed E-state index contributed by atoms with van der Waals surface area (Å²) in [7, 11) is -1.26. The Balaban J connectivity index is 0.00000729. The van der Waals surface area contributed by atoms with Gasteiger partial charge in [0.2, 0.25) is 0 Å². The van der Waals surface area contributed by atoms with Gasteiger partial charge in [-0.25, -0.2) is 8.42 Å². The van der Waals surface area contributed by atoms with Crippen molar-refractivity contribution in [1.29, 1.82) is 0 Å². The molecule has 0 saturated heterocycles. The summed E-state index contributed by atoms with van der Waals surface area (Å²) in [6.45, 7) is 7.72. The molecule has 2 N–H and O–H groups in total. The average molecular weight is 527 g/mol. The van der Waals surface area contributed by atoms with Crippen LogP contribution < -0.4 is 20.1 Å². The molecule has 0 fully saturated rings. The largest absolute Gasteiger partial charge is 0.490 e. The van der Waals surface area contributed by atoms with E-state index in [9.17, 15) is 8.42 Å². The summed E-state index contributed by atoms with van der Waals surface area (Å²) in [6, 6.07) is 5.98. The summed E-state index contributed by atoms with van der Waals surface area (Å²) >= 11 is 0. The van der Waals surface area contributed by atoms with Crippen LogP contribution in [0.4, 0.5) is 0 Å². The van der Waals surface area contributed by atoms with Crippen LogP contribution in [0.2, 0.25) is 0 Å². The monoisotopic (exact) mass is 527 g/mol. The van der Waals surface area contributed by atoms with Crippen molar-refractivity contribution in [3.8, 4) is 11.5 Å². The van der Waals surface area contributed by atoms with E-state index < -0.39 is 9.84 Å². The Kier molecular flexibility index (Phi) is 13.3. The number of hydrogen-bond acceptors (Lipinski definition) is 5. The van der Waals surface area contributed by atoms with Crippen molar-refractivity contribution in [3.63, 3.8) is 0 Å². The number of hydrogen-bond donors (Lipinski definition) is 2. The molecule has 162 valence electrons. The van der Waals surface area contributed by atoms with Crippen LogP contribution in [0.1, 0.15) is 32.8 Å². The summed E-state index contributed by atoms with van der Waals surface area (Å²) in [6.07, 6.45) is 2.58. The van der Waals surface area contributed by atoms with Crippen LogP contribution in [0.3, 0.4) is 0 Å². The number of nitrogens with zero attached hydrogens (tertiary/aromatic N) is 1. The van der Waals surface area contributed by atoms with E-state index >= 15 is 0 Å². The van der Waals surface area contributed by atoms with E-state index in [1.807, 2.05) is 39.0 Å². The second-order valence-corrected chi connectivity index (χ2v) is 8.62. The molecule has 0 saturated carbocycles. The third kappa shape index (κ3) is 10.9. The number of rotatable bonds is 11. The molecule has 28 heavy (non-hydrogen) atoms. The lowest BCUT2D eigenvalue weighted by molar-refractivity contribution is 0.287. The lowest BCUT2D eigenvalue weighted by atomic mass is 10.1. The quantitative estimate of drug-likeness (QED) is 0.261. The van der Waals surface area contributed by atoms with Crippen LogP contribution in [0.25, 0.3) is 0 Å². The minimum absolute atomic E-state index is 0. The van der Waals surface area contributed by atoms with E-state index in [2.05, 4.69) is 15.6 Å². The second kappa shape index (κ2) is 13.9. The van der Waals surface area contributed by atoms with E-state index in [0.717, 1.165) is 23.5 Å². The maximum atomic E-state index is 11.3. The molecule has 7 nitrogen and oxygen atoms in total. The van der Waals surface area contributed by atoms with Crippen LogP contribution in [0, 0.1) is 0 Å². The van der Waals surface area contributed by atoms with E-state index in [0.29, 0.717) is 32.1 Å². The molecule has 9 heteroatoms. The van der Waals surface area contributed by atoms with Crippen LogP contribution in [-0.2, 0) is 16.3 Å². The molecule has 0 aromatic heterocycles. The Morgan fingerprint density at radius 1 is 1.18 bits per heavy atom. The number of sulfone groups is 1. The fourth-order valence-electron chi connectivity index (χ4n) is 2.47. The zero-order valence-corrected chi connectivity index (χ0v) is 20.6. The zero-order valence-electron chi connectivity index (χ0n) is 17.4. The molecule has 0 bridgehead atoms. The normalized spacial score (nSPS) is 12.7. The number of guanidine groups is 1. The Hall–Kier alpha value is -1.23. The summed E-state index contributed by atoms with van der Waals surface area (Å²) in [5.74, 6) is 2.33. The molecule has 1 aromatic rings. The van der Waals surface area contributed by atoms with Crippen molar-refractivity contribution >= 4 is 39.8 Å². The number of nitrogens with one attached hydrogen (secondary N) is 2. The highest BCUT2D eigenvalue weighted by Crippen LogP contribution is 2.28. The average Bonchev–Trinajstić information content (AvgIpc) is 2.61. The molecular formula is C19H34IN3O4S. The third-order valence-electron chi connectivity index (χ3n) is 3.84. The fraction of sp³-hybridized carbons (Fsp3) is 0.632. The van der Waals surface area contributed by atoms with E-state index in [-0.39, 0.29) is 35.8 Å². The van der Waals surface area contributed by atoms with Gasteiger partial charge in [-0.1, -0.05) is 6.07 Å². The van der Waals surface area contributed by atoms with Gasteiger partial charge in [0.25, 0.3) is 0 Å². The van der Waals surface area contributed by atoms with Gasteiger partial charge in [-0.2, -0.15) is 0 Å². The van der Waals surface area contributed by atoms with Gasteiger partial charge in [0.1, 0.15) is 9.84 Å². The van der Waals surface area contributed by atoms with Crippen molar-refractivity contribution < 1.29 is 17.9 Å². The van der Waals surface area contributed by atoms with E-state index in [1.165, 1.54) is 6.26 Å². The van der Waals surface area contributed by atoms with Gasteiger partial charge in [-0.3, -0.25) is 4.99 Å². The summed E-state index contributed by atoms with van der Waals surface area (Å²) in [5, 5.41) is 6.47. The molecule has 0 aliphatic heterocycles. The van der Waals surface area contributed by atoms with Crippen LogP contribution in [-0.4, -0.2) is 59.2 Å². The topological polar surface area (TPSA) is 89.0 Å². The zero-order chi connectivity index (χ0) is 20.3. The van der Waals surface area contributed by atoms with Crippen molar-refractivity contribution in [1.82, 2.24) is 10.6 Å². The molecule has 0 radical (unpaired) electrons. The van der Waals surface area contributed by atoms with Crippen LogP contribution in [0.5, 0.6) is 11.5 Å². The third-order valence-corrected chi connectivity index (χ3v) is 4.82. The Labute approximate surface area is 186 Å². The highest BCUT2D eigenvalue weighted by Gasteiger charge is 2.10. The Morgan fingerprint density at radius 2 is 1.82 bits per heavy atom. The van der Waals surface area contributed by atoms with Crippen LogP contribution in [0.15, 0.2) is 23.2 Å². The Morgan fingerprint density at radius 3 is 2.39 bits per heavy atom. The molecule has 0 aliphatic rings. The predicted molar refractivity (Wildman–Crippen MR) is 126 cm³/mol. The lowest BCUT2D eigenvalue weighted by Crippen LogP contribution is -2.43. The standard InChI is InChI=1S/C19H33N3O4S.HI/c1-6-25-17-9-8-16(14-18(17)26-7-2)10-12-21-19(20-4)22-15(3)11-13-27(5,23)24;/h8-9,14-15H,6-7,10-13H2,1-5H3,(H2,20,21,22);1H. The molecule has 1 atom stereocenters. The van der Waals surface area contributed by atoms with Gasteiger partial charge in [0, 0.05) is 25.9 Å². The highest BCUT2D eigenvalue weighted by molar-refractivity contribution is 14.0. The first kappa shape index (κ1) is 26.8. The van der Waals surface area contributed by atoms with Crippen molar-refractivity contribution in [2.45, 2.75) is 39.7 Å². The van der Waals surface area contributed by atoms with Gasteiger partial charge < -0.3 is 20.1 Å². The summed E-state index contributed by atoms with van der Waals surface area (Å²) in [5.41, 5.74) is 1.13.